The van der Waals surface area contributed by atoms with Crippen LogP contribution in [-0.4, -0.2) is 48.0 Å². The van der Waals surface area contributed by atoms with Gasteiger partial charge in [-0.05, 0) is 55.3 Å². The third-order valence-electron chi connectivity index (χ3n) is 6.16. The molecule has 2 aliphatic heterocycles. The van der Waals surface area contributed by atoms with Crippen LogP contribution in [0.4, 0.5) is 33.3 Å². The van der Waals surface area contributed by atoms with Gasteiger partial charge < -0.3 is 31.3 Å². The Labute approximate surface area is 196 Å². The topological polar surface area (TPSA) is 117 Å². The van der Waals surface area contributed by atoms with Gasteiger partial charge in [-0.25, -0.2) is 4.39 Å². The summed E-state index contributed by atoms with van der Waals surface area (Å²) in [4.78, 5) is 23.4. The highest BCUT2D eigenvalue weighted by Crippen LogP contribution is 2.35. The van der Waals surface area contributed by atoms with E-state index in [9.17, 15) is 9.18 Å². The SMILES string of the molecule is COc1cc2c(cc1Nc1nc3c(c(Nc4cccc(F)c4C(N)=O)n1)CCN3)CN(C)CC2. The Morgan fingerprint density at radius 2 is 2.03 bits per heavy atom. The summed E-state index contributed by atoms with van der Waals surface area (Å²) < 4.78 is 19.9. The summed E-state index contributed by atoms with van der Waals surface area (Å²) in [5.74, 6) is 0.650. The second-order valence-corrected chi connectivity index (χ2v) is 8.49. The van der Waals surface area contributed by atoms with E-state index in [4.69, 9.17) is 10.5 Å². The van der Waals surface area contributed by atoms with Crippen molar-refractivity contribution in [3.05, 3.63) is 58.4 Å². The Hall–Kier alpha value is -3.92. The number of hydrogen-bond donors (Lipinski definition) is 4. The Kier molecular flexibility index (Phi) is 5.66. The van der Waals surface area contributed by atoms with E-state index in [1.165, 1.54) is 23.3 Å². The average molecular weight is 464 g/mol. The molecule has 5 N–H and O–H groups in total. The molecule has 1 aromatic heterocycles. The maximum atomic E-state index is 14.3. The molecule has 0 saturated heterocycles. The molecule has 10 heteroatoms. The number of fused-ring (bicyclic) bond motifs is 2. The molecule has 2 aliphatic rings. The molecule has 0 aliphatic carbocycles. The van der Waals surface area contributed by atoms with Crippen LogP contribution in [-0.2, 0) is 19.4 Å². The second kappa shape index (κ2) is 8.79. The largest absolute Gasteiger partial charge is 0.495 e. The van der Waals surface area contributed by atoms with Crippen molar-refractivity contribution in [3.8, 4) is 5.75 Å². The van der Waals surface area contributed by atoms with Crippen LogP contribution in [0, 0.1) is 5.82 Å². The first kappa shape index (κ1) is 21.9. The van der Waals surface area contributed by atoms with Crippen molar-refractivity contribution in [3.63, 3.8) is 0 Å². The number of nitrogens with two attached hydrogens (primary N) is 1. The van der Waals surface area contributed by atoms with Gasteiger partial charge in [-0.1, -0.05) is 6.07 Å². The van der Waals surface area contributed by atoms with Gasteiger partial charge in [0.25, 0.3) is 5.91 Å². The monoisotopic (exact) mass is 463 g/mol. The van der Waals surface area contributed by atoms with Gasteiger partial charge in [0.1, 0.15) is 23.2 Å². The minimum Gasteiger partial charge on any atom is -0.495 e. The number of methoxy groups -OCH3 is 1. The molecular weight excluding hydrogens is 437 g/mol. The Balaban J connectivity index is 1.52. The van der Waals surface area contributed by atoms with Gasteiger partial charge in [0.15, 0.2) is 0 Å². The van der Waals surface area contributed by atoms with Gasteiger partial charge in [-0.2, -0.15) is 9.97 Å². The summed E-state index contributed by atoms with van der Waals surface area (Å²) in [6.07, 6.45) is 1.65. The Bertz CT molecular complexity index is 1280. The molecule has 9 nitrogen and oxygen atoms in total. The maximum absolute atomic E-state index is 14.3. The van der Waals surface area contributed by atoms with Crippen LogP contribution in [0.1, 0.15) is 27.0 Å². The lowest BCUT2D eigenvalue weighted by atomic mass is 9.99. The second-order valence-electron chi connectivity index (χ2n) is 8.49. The molecule has 0 saturated carbocycles. The van der Waals surface area contributed by atoms with Gasteiger partial charge in [0.2, 0.25) is 5.95 Å². The lowest BCUT2D eigenvalue weighted by molar-refractivity contribution is 0.0997. The lowest BCUT2D eigenvalue weighted by Gasteiger charge is -2.26. The smallest absolute Gasteiger partial charge is 0.253 e. The zero-order chi connectivity index (χ0) is 23.8. The number of carbonyl (C=O) groups excluding carboxylic acids is 1. The molecule has 3 aromatic rings. The molecule has 0 unspecified atom stereocenters. The molecule has 0 spiro atoms. The first-order valence-corrected chi connectivity index (χ1v) is 11.1. The third kappa shape index (κ3) is 4.08. The molecule has 0 bridgehead atoms. The normalized spacial score (nSPS) is 14.7. The minimum absolute atomic E-state index is 0.212. The number of hydrogen-bond acceptors (Lipinski definition) is 8. The molecule has 0 radical (unpaired) electrons. The molecule has 2 aromatic carbocycles. The fraction of sp³-hybridized carbons (Fsp3) is 0.292. The highest BCUT2D eigenvalue weighted by molar-refractivity contribution is 5.99. The maximum Gasteiger partial charge on any atom is 0.253 e. The van der Waals surface area contributed by atoms with E-state index in [0.29, 0.717) is 36.3 Å². The van der Waals surface area contributed by atoms with Gasteiger partial charge in [0.05, 0.1) is 24.0 Å². The van der Waals surface area contributed by atoms with Crippen molar-refractivity contribution in [2.75, 3.05) is 43.2 Å². The number of rotatable bonds is 6. The van der Waals surface area contributed by atoms with Gasteiger partial charge >= 0.3 is 0 Å². The number of anilines is 5. The van der Waals surface area contributed by atoms with E-state index in [1.807, 2.05) is 0 Å². The summed E-state index contributed by atoms with van der Waals surface area (Å²) in [5, 5.41) is 9.63. The predicted octanol–water partition coefficient (Wildman–Crippen LogP) is 3.17. The van der Waals surface area contributed by atoms with Gasteiger partial charge in [-0.15, -0.1) is 0 Å². The van der Waals surface area contributed by atoms with E-state index in [2.05, 4.69) is 50.0 Å². The van der Waals surface area contributed by atoms with Crippen molar-refractivity contribution in [2.45, 2.75) is 19.4 Å². The van der Waals surface area contributed by atoms with Crippen LogP contribution in [0.15, 0.2) is 30.3 Å². The standard InChI is InChI=1S/C24H26FN7O2/c1-32-9-7-13-11-19(34-2)18(10-14(13)12-32)29-24-30-22-15(6-8-27-22)23(31-24)28-17-5-3-4-16(25)20(17)21(26)33/h3-5,10-11H,6-9,12H2,1-2H3,(H2,26,33)(H3,27,28,29,30,31). The number of halogens is 1. The van der Waals surface area contributed by atoms with Crippen LogP contribution in [0.5, 0.6) is 5.75 Å². The first-order chi connectivity index (χ1) is 16.4. The van der Waals surface area contributed by atoms with Crippen LogP contribution < -0.4 is 26.4 Å². The fourth-order valence-corrected chi connectivity index (χ4v) is 4.45. The Morgan fingerprint density at radius 1 is 1.18 bits per heavy atom. The number of likely N-dealkylation sites (N-methyl/N-ethyl adjacent to an activating group) is 1. The summed E-state index contributed by atoms with van der Waals surface area (Å²) in [6.45, 7) is 2.55. The third-order valence-corrected chi connectivity index (χ3v) is 6.16. The number of ether oxygens (including phenoxy) is 1. The predicted molar refractivity (Wildman–Crippen MR) is 129 cm³/mol. The first-order valence-electron chi connectivity index (χ1n) is 11.1. The molecule has 0 atom stereocenters. The van der Waals surface area contributed by atoms with Crippen molar-refractivity contribution < 1.29 is 13.9 Å². The van der Waals surface area contributed by atoms with Gasteiger partial charge in [-0.3, -0.25) is 4.79 Å². The van der Waals surface area contributed by atoms with Gasteiger partial charge in [0, 0.05) is 25.2 Å². The highest BCUT2D eigenvalue weighted by atomic mass is 19.1. The lowest BCUT2D eigenvalue weighted by Crippen LogP contribution is -2.26. The van der Waals surface area contributed by atoms with Crippen LogP contribution in [0.3, 0.4) is 0 Å². The zero-order valence-electron chi connectivity index (χ0n) is 19.0. The van der Waals surface area contributed by atoms with Crippen molar-refractivity contribution in [1.82, 2.24) is 14.9 Å². The number of benzene rings is 2. The van der Waals surface area contributed by atoms with E-state index in [1.54, 1.807) is 13.2 Å². The zero-order valence-corrected chi connectivity index (χ0v) is 19.0. The van der Waals surface area contributed by atoms with E-state index >= 15 is 0 Å². The number of amides is 1. The number of nitrogens with zero attached hydrogens (tertiary/aromatic N) is 3. The quantitative estimate of drug-likeness (QED) is 0.440. The molecule has 34 heavy (non-hydrogen) atoms. The molecular formula is C24H26FN7O2. The fourth-order valence-electron chi connectivity index (χ4n) is 4.45. The summed E-state index contributed by atoms with van der Waals surface area (Å²) >= 11 is 0. The van der Waals surface area contributed by atoms with E-state index in [-0.39, 0.29) is 11.3 Å². The van der Waals surface area contributed by atoms with Crippen molar-refractivity contribution in [2.24, 2.45) is 5.73 Å². The summed E-state index contributed by atoms with van der Waals surface area (Å²) in [5.41, 5.74) is 9.55. The minimum atomic E-state index is -0.855. The molecule has 1 amide bonds. The van der Waals surface area contributed by atoms with Crippen molar-refractivity contribution >= 4 is 34.9 Å². The van der Waals surface area contributed by atoms with Crippen molar-refractivity contribution in [1.29, 1.82) is 0 Å². The highest BCUT2D eigenvalue weighted by Gasteiger charge is 2.23. The van der Waals surface area contributed by atoms with Crippen LogP contribution >= 0.6 is 0 Å². The average Bonchev–Trinajstić information content (AvgIpc) is 3.27. The number of nitrogens with one attached hydrogen (secondary N) is 3. The summed E-state index contributed by atoms with van der Waals surface area (Å²) in [6, 6.07) is 8.43. The molecule has 5 rings (SSSR count). The summed E-state index contributed by atoms with van der Waals surface area (Å²) in [7, 11) is 3.73. The van der Waals surface area contributed by atoms with Crippen LogP contribution in [0.25, 0.3) is 0 Å². The molecule has 3 heterocycles. The van der Waals surface area contributed by atoms with Crippen LogP contribution in [0.2, 0.25) is 0 Å². The van der Waals surface area contributed by atoms with E-state index < -0.39 is 11.7 Å². The molecule has 176 valence electrons. The number of aromatic nitrogens is 2. The number of primary amides is 1. The number of carbonyl (C=O) groups is 1. The Morgan fingerprint density at radius 3 is 2.82 bits per heavy atom. The molecule has 0 fully saturated rings. The van der Waals surface area contributed by atoms with E-state index in [0.717, 1.165) is 30.8 Å².